The third kappa shape index (κ3) is 7.05. The van der Waals surface area contributed by atoms with Crippen LogP contribution < -0.4 is 10.1 Å². The van der Waals surface area contributed by atoms with E-state index in [0.29, 0.717) is 13.2 Å². The molecule has 1 fully saturated rings. The number of amides is 1. The first-order valence-electron chi connectivity index (χ1n) is 9.01. The summed E-state index contributed by atoms with van der Waals surface area (Å²) < 4.78 is 24.5. The fourth-order valence-electron chi connectivity index (χ4n) is 2.81. The van der Waals surface area contributed by atoms with Crippen molar-refractivity contribution in [1.29, 1.82) is 0 Å². The zero-order valence-electron chi connectivity index (χ0n) is 16.0. The van der Waals surface area contributed by atoms with Crippen molar-refractivity contribution in [2.24, 2.45) is 0 Å². The molecule has 27 heavy (non-hydrogen) atoms. The van der Waals surface area contributed by atoms with Crippen LogP contribution in [0.5, 0.6) is 5.75 Å². The molecule has 0 radical (unpaired) electrons. The Kier molecular flexibility index (Phi) is 7.01. The summed E-state index contributed by atoms with van der Waals surface area (Å²) in [6, 6.07) is 3.67. The van der Waals surface area contributed by atoms with Gasteiger partial charge in [-0.05, 0) is 51.8 Å². The van der Waals surface area contributed by atoms with Crippen LogP contribution >= 0.6 is 0 Å². The monoisotopic (exact) mass is 382 g/mol. The number of carboxylic acid groups (broad SMARTS) is 1. The number of carboxylic acids is 1. The van der Waals surface area contributed by atoms with Crippen LogP contribution in [-0.4, -0.2) is 60.0 Å². The summed E-state index contributed by atoms with van der Waals surface area (Å²) in [7, 11) is 0. The van der Waals surface area contributed by atoms with Gasteiger partial charge in [0, 0.05) is 25.7 Å². The van der Waals surface area contributed by atoms with Crippen LogP contribution in [0.3, 0.4) is 0 Å². The topological polar surface area (TPSA) is 88.1 Å². The zero-order valence-corrected chi connectivity index (χ0v) is 16.0. The molecule has 0 atom stereocenters. The summed E-state index contributed by atoms with van der Waals surface area (Å²) in [6.07, 6.45) is 1.21. The second kappa shape index (κ2) is 9.03. The number of hydrogen-bond acceptors (Lipinski definition) is 5. The molecular formula is C19H27FN2O5. The minimum atomic E-state index is -1.18. The number of likely N-dealkylation sites (tertiary alicyclic amines) is 1. The molecule has 8 heteroatoms. The number of rotatable bonds is 6. The van der Waals surface area contributed by atoms with E-state index in [0.717, 1.165) is 32.0 Å². The molecule has 0 aromatic heterocycles. The molecule has 1 aliphatic rings. The summed E-state index contributed by atoms with van der Waals surface area (Å²) >= 11 is 0. The standard InChI is InChI=1S/C19H27FN2O5/c1-19(2,3)27-18(25)21-14-6-8-22(9-7-14)10-11-26-16-5-4-13(17(23)24)12-15(16)20/h4-5,12,14H,6-11H2,1-3H3,(H,21,25)(H,23,24). The van der Waals surface area contributed by atoms with E-state index < -0.39 is 23.5 Å². The van der Waals surface area contributed by atoms with Crippen molar-refractivity contribution in [2.75, 3.05) is 26.2 Å². The number of aromatic carboxylic acids is 1. The van der Waals surface area contributed by atoms with Gasteiger partial charge in [0.1, 0.15) is 12.2 Å². The van der Waals surface area contributed by atoms with E-state index >= 15 is 0 Å². The molecule has 7 nitrogen and oxygen atoms in total. The van der Waals surface area contributed by atoms with Gasteiger partial charge in [0.05, 0.1) is 5.56 Å². The number of ether oxygens (including phenoxy) is 2. The number of halogens is 1. The molecule has 0 saturated carbocycles. The van der Waals surface area contributed by atoms with E-state index in [1.54, 1.807) is 0 Å². The maximum absolute atomic E-state index is 13.8. The Morgan fingerprint density at radius 2 is 1.96 bits per heavy atom. The van der Waals surface area contributed by atoms with E-state index in [1.165, 1.54) is 12.1 Å². The Balaban J connectivity index is 1.69. The lowest BCUT2D eigenvalue weighted by atomic mass is 10.1. The van der Waals surface area contributed by atoms with E-state index in [1.807, 2.05) is 20.8 Å². The first-order chi connectivity index (χ1) is 12.6. The summed E-state index contributed by atoms with van der Waals surface area (Å²) in [6.45, 7) is 8.00. The number of hydrogen-bond donors (Lipinski definition) is 2. The number of alkyl carbamates (subject to hydrolysis) is 1. The first-order valence-corrected chi connectivity index (χ1v) is 9.01. The normalized spacial score (nSPS) is 16.0. The van der Waals surface area contributed by atoms with Crippen molar-refractivity contribution in [3.05, 3.63) is 29.6 Å². The highest BCUT2D eigenvalue weighted by atomic mass is 19.1. The number of nitrogens with zero attached hydrogens (tertiary/aromatic N) is 1. The fraction of sp³-hybridized carbons (Fsp3) is 0.579. The molecule has 1 aliphatic heterocycles. The lowest BCUT2D eigenvalue weighted by molar-refractivity contribution is 0.0475. The van der Waals surface area contributed by atoms with Crippen LogP contribution in [0.2, 0.25) is 0 Å². The van der Waals surface area contributed by atoms with Crippen LogP contribution in [0.4, 0.5) is 9.18 Å². The highest BCUT2D eigenvalue weighted by molar-refractivity contribution is 5.87. The highest BCUT2D eigenvalue weighted by Crippen LogP contribution is 2.19. The lowest BCUT2D eigenvalue weighted by Crippen LogP contribution is -2.46. The lowest BCUT2D eigenvalue weighted by Gasteiger charge is -2.32. The van der Waals surface area contributed by atoms with Crippen LogP contribution in [0.1, 0.15) is 44.0 Å². The van der Waals surface area contributed by atoms with Gasteiger partial charge in [0.2, 0.25) is 0 Å². The number of carbonyl (C=O) groups excluding carboxylic acids is 1. The van der Waals surface area contributed by atoms with Gasteiger partial charge in [0.25, 0.3) is 0 Å². The Morgan fingerprint density at radius 3 is 2.52 bits per heavy atom. The van der Waals surface area contributed by atoms with Crippen molar-refractivity contribution in [1.82, 2.24) is 10.2 Å². The molecule has 1 heterocycles. The predicted octanol–water partition coefficient (Wildman–Crippen LogP) is 2.89. The minimum absolute atomic E-state index is 0.0430. The van der Waals surface area contributed by atoms with E-state index in [9.17, 15) is 14.0 Å². The van der Waals surface area contributed by atoms with Gasteiger partial charge in [-0.2, -0.15) is 0 Å². The third-order valence-electron chi connectivity index (χ3n) is 4.15. The molecule has 150 valence electrons. The van der Waals surface area contributed by atoms with E-state index in [4.69, 9.17) is 14.6 Å². The molecule has 0 bridgehead atoms. The number of piperidine rings is 1. The van der Waals surface area contributed by atoms with Gasteiger partial charge in [0.15, 0.2) is 11.6 Å². The van der Waals surface area contributed by atoms with Gasteiger partial charge in [-0.1, -0.05) is 0 Å². The van der Waals surface area contributed by atoms with E-state index in [2.05, 4.69) is 10.2 Å². The second-order valence-electron chi connectivity index (χ2n) is 7.56. The summed E-state index contributed by atoms with van der Waals surface area (Å²) in [4.78, 5) is 24.8. The maximum atomic E-state index is 13.8. The quantitative estimate of drug-likeness (QED) is 0.787. The molecule has 1 saturated heterocycles. The maximum Gasteiger partial charge on any atom is 0.407 e. The zero-order chi connectivity index (χ0) is 20.0. The second-order valence-corrected chi connectivity index (χ2v) is 7.56. The average Bonchev–Trinajstić information content (AvgIpc) is 2.56. The van der Waals surface area contributed by atoms with Crippen molar-refractivity contribution in [3.63, 3.8) is 0 Å². The molecule has 0 spiro atoms. The Labute approximate surface area is 158 Å². The van der Waals surface area contributed by atoms with Crippen molar-refractivity contribution in [3.8, 4) is 5.75 Å². The SMILES string of the molecule is CC(C)(C)OC(=O)NC1CCN(CCOc2ccc(C(=O)O)cc2F)CC1. The van der Waals surface area contributed by atoms with Gasteiger partial charge < -0.3 is 19.9 Å². The summed E-state index contributed by atoms with van der Waals surface area (Å²) in [5.41, 5.74) is -0.625. The molecule has 1 amide bonds. The molecule has 1 aromatic rings. The van der Waals surface area contributed by atoms with Crippen molar-refractivity contribution >= 4 is 12.1 Å². The Hall–Kier alpha value is -2.35. The predicted molar refractivity (Wildman–Crippen MR) is 97.7 cm³/mol. The Morgan fingerprint density at radius 1 is 1.30 bits per heavy atom. The number of nitrogens with one attached hydrogen (secondary N) is 1. The van der Waals surface area contributed by atoms with E-state index in [-0.39, 0.29) is 17.4 Å². The molecular weight excluding hydrogens is 355 g/mol. The fourth-order valence-corrected chi connectivity index (χ4v) is 2.81. The smallest absolute Gasteiger partial charge is 0.407 e. The highest BCUT2D eigenvalue weighted by Gasteiger charge is 2.23. The first kappa shape index (κ1) is 21.0. The Bertz CT molecular complexity index is 667. The van der Waals surface area contributed by atoms with Crippen LogP contribution in [-0.2, 0) is 4.74 Å². The van der Waals surface area contributed by atoms with Gasteiger partial charge in [-0.25, -0.2) is 14.0 Å². The van der Waals surface area contributed by atoms with Gasteiger partial charge in [-0.15, -0.1) is 0 Å². The molecule has 2 N–H and O–H groups in total. The molecule has 0 aliphatic carbocycles. The van der Waals surface area contributed by atoms with Crippen LogP contribution in [0.15, 0.2) is 18.2 Å². The summed E-state index contributed by atoms with van der Waals surface area (Å²) in [5, 5.41) is 11.7. The number of benzene rings is 1. The van der Waals surface area contributed by atoms with Crippen molar-refractivity contribution < 1.29 is 28.6 Å². The van der Waals surface area contributed by atoms with Crippen molar-refractivity contribution in [2.45, 2.75) is 45.3 Å². The summed E-state index contributed by atoms with van der Waals surface area (Å²) in [5.74, 6) is -1.82. The third-order valence-corrected chi connectivity index (χ3v) is 4.15. The molecule has 0 unspecified atom stereocenters. The van der Waals surface area contributed by atoms with Gasteiger partial charge in [-0.3, -0.25) is 4.90 Å². The largest absolute Gasteiger partial charge is 0.489 e. The average molecular weight is 382 g/mol. The molecule has 2 rings (SSSR count). The van der Waals surface area contributed by atoms with Crippen LogP contribution in [0, 0.1) is 5.82 Å². The molecule has 1 aromatic carbocycles. The minimum Gasteiger partial charge on any atom is -0.489 e. The number of carbonyl (C=O) groups is 2. The van der Waals surface area contributed by atoms with Gasteiger partial charge >= 0.3 is 12.1 Å². The van der Waals surface area contributed by atoms with Crippen LogP contribution in [0.25, 0.3) is 0 Å².